The van der Waals surface area contributed by atoms with Crippen LogP contribution in [0.15, 0.2) is 40.1 Å². The average Bonchev–Trinajstić information content (AvgIpc) is 3.30. The first-order chi connectivity index (χ1) is 13.9. The molecule has 0 aliphatic carbocycles. The highest BCUT2D eigenvalue weighted by molar-refractivity contribution is 8.00. The molecule has 2 heterocycles. The van der Waals surface area contributed by atoms with Crippen molar-refractivity contribution in [1.29, 1.82) is 0 Å². The fraction of sp³-hybridized carbons (Fsp3) is 0.316. The van der Waals surface area contributed by atoms with Gasteiger partial charge in [0.1, 0.15) is 5.76 Å². The number of benzene rings is 1. The van der Waals surface area contributed by atoms with Crippen molar-refractivity contribution in [2.24, 2.45) is 0 Å². The van der Waals surface area contributed by atoms with Gasteiger partial charge in [-0.15, -0.1) is 10.2 Å². The first-order valence-corrected chi connectivity index (χ1v) is 9.72. The van der Waals surface area contributed by atoms with Gasteiger partial charge in [0.2, 0.25) is 11.1 Å². The molecule has 0 saturated heterocycles. The van der Waals surface area contributed by atoms with Crippen LogP contribution in [0.2, 0.25) is 0 Å². The molecule has 1 atom stereocenters. The van der Waals surface area contributed by atoms with Crippen molar-refractivity contribution >= 4 is 17.7 Å². The summed E-state index contributed by atoms with van der Waals surface area (Å²) in [6, 6.07) is 7.27. The molecule has 9 nitrogen and oxygen atoms in total. The fourth-order valence-corrected chi connectivity index (χ4v) is 3.49. The zero-order chi connectivity index (χ0) is 21.0. The second kappa shape index (κ2) is 8.91. The maximum Gasteiger partial charge on any atom is 0.233 e. The van der Waals surface area contributed by atoms with Crippen LogP contribution in [0.3, 0.4) is 0 Å². The lowest BCUT2D eigenvalue weighted by Gasteiger charge is -2.13. The molecule has 10 heteroatoms. The van der Waals surface area contributed by atoms with Gasteiger partial charge in [0.25, 0.3) is 0 Å². The molecule has 0 spiro atoms. The first kappa shape index (κ1) is 20.6. The molecule has 29 heavy (non-hydrogen) atoms. The third-order valence-electron chi connectivity index (χ3n) is 4.33. The Hall–Kier alpha value is -3.14. The number of carbonyl (C=O) groups is 1. The van der Waals surface area contributed by atoms with E-state index in [1.54, 1.807) is 39.5 Å². The zero-order valence-electron chi connectivity index (χ0n) is 16.6. The second-order valence-electron chi connectivity index (χ2n) is 6.23. The van der Waals surface area contributed by atoms with E-state index in [0.717, 1.165) is 11.1 Å². The van der Waals surface area contributed by atoms with E-state index in [9.17, 15) is 4.79 Å². The SMILES string of the molecule is COc1ccc(CNC(=O)C(C)Sc2nnc(-c3ccoc3C)n2N)cc1OC. The van der Waals surface area contributed by atoms with Crippen molar-refractivity contribution in [3.63, 3.8) is 0 Å². The number of furan rings is 1. The standard InChI is InChI=1S/C19H23N5O4S/c1-11-14(7-8-28-11)17-22-23-19(24(17)20)29-12(2)18(25)21-10-13-5-6-15(26-3)16(9-13)27-4/h5-9,12H,10,20H2,1-4H3,(H,21,25). The largest absolute Gasteiger partial charge is 0.493 e. The van der Waals surface area contributed by atoms with Gasteiger partial charge in [-0.25, -0.2) is 4.68 Å². The Labute approximate surface area is 172 Å². The van der Waals surface area contributed by atoms with Crippen molar-refractivity contribution in [3.05, 3.63) is 41.9 Å². The molecule has 0 saturated carbocycles. The lowest BCUT2D eigenvalue weighted by atomic mass is 10.2. The molecular weight excluding hydrogens is 394 g/mol. The van der Waals surface area contributed by atoms with E-state index in [2.05, 4.69) is 15.5 Å². The first-order valence-electron chi connectivity index (χ1n) is 8.84. The molecule has 1 amide bonds. The topological polar surface area (TPSA) is 117 Å². The van der Waals surface area contributed by atoms with Crippen LogP contribution >= 0.6 is 11.8 Å². The van der Waals surface area contributed by atoms with Crippen molar-refractivity contribution in [2.45, 2.75) is 30.8 Å². The van der Waals surface area contributed by atoms with E-state index in [4.69, 9.17) is 19.7 Å². The summed E-state index contributed by atoms with van der Waals surface area (Å²) in [5.74, 6) is 8.39. The molecular formula is C19H23N5O4S. The molecule has 1 unspecified atom stereocenters. The number of carbonyl (C=O) groups excluding carboxylic acids is 1. The summed E-state index contributed by atoms with van der Waals surface area (Å²) in [4.78, 5) is 12.5. The Morgan fingerprint density at radius 1 is 1.28 bits per heavy atom. The summed E-state index contributed by atoms with van der Waals surface area (Å²) in [6.45, 7) is 3.96. The molecule has 0 bridgehead atoms. The van der Waals surface area contributed by atoms with Gasteiger partial charge in [0, 0.05) is 6.54 Å². The molecule has 0 fully saturated rings. The number of nitrogens with zero attached hydrogens (tertiary/aromatic N) is 3. The predicted octanol–water partition coefficient (Wildman–Crippen LogP) is 2.37. The molecule has 1 aromatic carbocycles. The molecule has 154 valence electrons. The van der Waals surface area contributed by atoms with Gasteiger partial charge >= 0.3 is 0 Å². The number of nitrogens with one attached hydrogen (secondary N) is 1. The van der Waals surface area contributed by atoms with Crippen LogP contribution in [0, 0.1) is 6.92 Å². The van der Waals surface area contributed by atoms with Crippen molar-refractivity contribution in [3.8, 4) is 22.9 Å². The average molecular weight is 417 g/mol. The fourth-order valence-electron chi connectivity index (χ4n) is 2.69. The summed E-state index contributed by atoms with van der Waals surface area (Å²) in [5, 5.41) is 11.1. The Morgan fingerprint density at radius 3 is 2.69 bits per heavy atom. The Morgan fingerprint density at radius 2 is 2.03 bits per heavy atom. The highest BCUT2D eigenvalue weighted by atomic mass is 32.2. The molecule has 2 aromatic heterocycles. The number of nitrogens with two attached hydrogens (primary N) is 1. The number of thioether (sulfide) groups is 1. The lowest BCUT2D eigenvalue weighted by molar-refractivity contribution is -0.120. The highest BCUT2D eigenvalue weighted by Gasteiger charge is 2.21. The molecule has 3 aromatic rings. The number of aromatic nitrogens is 3. The number of rotatable bonds is 8. The maximum atomic E-state index is 12.5. The van der Waals surface area contributed by atoms with E-state index in [-0.39, 0.29) is 5.91 Å². The zero-order valence-corrected chi connectivity index (χ0v) is 17.4. The van der Waals surface area contributed by atoms with E-state index >= 15 is 0 Å². The maximum absolute atomic E-state index is 12.5. The van der Waals surface area contributed by atoms with Gasteiger partial charge in [0.15, 0.2) is 17.3 Å². The van der Waals surface area contributed by atoms with Gasteiger partial charge in [0.05, 0.1) is 31.3 Å². The minimum atomic E-state index is -0.417. The van der Waals surface area contributed by atoms with Gasteiger partial charge in [-0.1, -0.05) is 17.8 Å². The number of aryl methyl sites for hydroxylation is 1. The van der Waals surface area contributed by atoms with Crippen molar-refractivity contribution in [1.82, 2.24) is 20.2 Å². The number of hydrogen-bond donors (Lipinski definition) is 2. The third-order valence-corrected chi connectivity index (χ3v) is 5.39. The molecule has 0 radical (unpaired) electrons. The molecule has 3 rings (SSSR count). The van der Waals surface area contributed by atoms with Crippen LogP contribution in [0.25, 0.3) is 11.4 Å². The number of ether oxygens (including phenoxy) is 2. The predicted molar refractivity (Wildman–Crippen MR) is 109 cm³/mol. The Bertz CT molecular complexity index is 1000. The van der Waals surface area contributed by atoms with Crippen molar-refractivity contribution < 1.29 is 18.7 Å². The number of nitrogen functional groups attached to an aromatic ring is 1. The van der Waals surface area contributed by atoms with Crippen LogP contribution < -0.4 is 20.6 Å². The lowest BCUT2D eigenvalue weighted by Crippen LogP contribution is -2.30. The third kappa shape index (κ3) is 4.48. The minimum Gasteiger partial charge on any atom is -0.493 e. The Kier molecular flexibility index (Phi) is 6.32. The van der Waals surface area contributed by atoms with Crippen LogP contribution in [-0.4, -0.2) is 40.3 Å². The second-order valence-corrected chi connectivity index (χ2v) is 7.54. The molecule has 3 N–H and O–H groups in total. The van der Waals surface area contributed by atoms with Gasteiger partial charge in [-0.2, -0.15) is 0 Å². The molecule has 0 aliphatic rings. The summed E-state index contributed by atoms with van der Waals surface area (Å²) in [5.41, 5.74) is 1.66. The summed E-state index contributed by atoms with van der Waals surface area (Å²) in [6.07, 6.45) is 1.57. The van der Waals surface area contributed by atoms with Gasteiger partial charge in [-0.05, 0) is 37.6 Å². The number of methoxy groups -OCH3 is 2. The van der Waals surface area contributed by atoms with E-state index in [1.165, 1.54) is 16.4 Å². The van der Waals surface area contributed by atoms with Crippen LogP contribution in [0.4, 0.5) is 0 Å². The van der Waals surface area contributed by atoms with E-state index < -0.39 is 5.25 Å². The quantitative estimate of drug-likeness (QED) is 0.424. The van der Waals surface area contributed by atoms with Gasteiger partial charge in [-0.3, -0.25) is 4.79 Å². The van der Waals surface area contributed by atoms with Crippen LogP contribution in [0.1, 0.15) is 18.2 Å². The summed E-state index contributed by atoms with van der Waals surface area (Å²) >= 11 is 1.23. The highest BCUT2D eigenvalue weighted by Crippen LogP contribution is 2.28. The minimum absolute atomic E-state index is 0.145. The summed E-state index contributed by atoms with van der Waals surface area (Å²) in [7, 11) is 3.15. The van der Waals surface area contributed by atoms with E-state index in [1.807, 2.05) is 19.1 Å². The Balaban J connectivity index is 1.62. The van der Waals surface area contributed by atoms with E-state index in [0.29, 0.717) is 34.8 Å². The van der Waals surface area contributed by atoms with Gasteiger partial charge < -0.3 is 25.1 Å². The van der Waals surface area contributed by atoms with Crippen molar-refractivity contribution in [2.75, 3.05) is 20.1 Å². The van der Waals surface area contributed by atoms with Crippen LogP contribution in [-0.2, 0) is 11.3 Å². The number of hydrogen-bond acceptors (Lipinski definition) is 8. The molecule has 0 aliphatic heterocycles. The van der Waals surface area contributed by atoms with Crippen LogP contribution in [0.5, 0.6) is 11.5 Å². The normalized spacial score (nSPS) is 11.9. The smallest absolute Gasteiger partial charge is 0.233 e. The number of amides is 1. The summed E-state index contributed by atoms with van der Waals surface area (Å²) < 4.78 is 17.1. The monoisotopic (exact) mass is 417 g/mol.